The van der Waals surface area contributed by atoms with Crippen molar-refractivity contribution in [3.8, 4) is 0 Å². The van der Waals surface area contributed by atoms with Gasteiger partial charge in [0.2, 0.25) is 0 Å². The first kappa shape index (κ1) is 13.0. The topological polar surface area (TPSA) is 27.8 Å². The molecule has 1 aromatic heterocycles. The highest BCUT2D eigenvalue weighted by Crippen LogP contribution is 2.23. The Labute approximate surface area is 121 Å². The third kappa shape index (κ3) is 2.49. The van der Waals surface area contributed by atoms with E-state index >= 15 is 0 Å². The van der Waals surface area contributed by atoms with Gasteiger partial charge in [0.1, 0.15) is 5.82 Å². The molecule has 4 heteroatoms. The lowest BCUT2D eigenvalue weighted by atomic mass is 10.1. The van der Waals surface area contributed by atoms with Crippen LogP contribution in [-0.2, 0) is 6.54 Å². The molecule has 0 amide bonds. The summed E-state index contributed by atoms with van der Waals surface area (Å²) in [7, 11) is 0. The third-order valence-corrected chi connectivity index (χ3v) is 3.62. The van der Waals surface area contributed by atoms with Crippen LogP contribution < -0.4 is 5.32 Å². The number of aryl methyl sites for hydroxylation is 1. The van der Waals surface area contributed by atoms with Crippen LogP contribution in [0.1, 0.15) is 11.1 Å². The van der Waals surface area contributed by atoms with E-state index in [1.54, 1.807) is 6.07 Å². The first-order valence-corrected chi connectivity index (χ1v) is 6.77. The lowest BCUT2D eigenvalue weighted by Gasteiger charge is -2.09. The van der Waals surface area contributed by atoms with Crippen LogP contribution in [0, 0.1) is 12.7 Å². The smallest absolute Gasteiger partial charge is 0.123 e. The van der Waals surface area contributed by atoms with E-state index in [1.165, 1.54) is 12.1 Å². The second-order valence-corrected chi connectivity index (χ2v) is 5.25. The van der Waals surface area contributed by atoms with Gasteiger partial charge in [-0.1, -0.05) is 17.7 Å². The Bertz CT molecular complexity index is 764. The minimum absolute atomic E-state index is 0.213. The summed E-state index contributed by atoms with van der Waals surface area (Å²) >= 11 is 5.97. The molecule has 0 aliphatic carbocycles. The highest BCUT2D eigenvalue weighted by molar-refractivity contribution is 6.31. The fourth-order valence-electron chi connectivity index (χ4n) is 2.32. The molecule has 20 heavy (non-hydrogen) atoms. The van der Waals surface area contributed by atoms with E-state index < -0.39 is 0 Å². The average molecular weight is 289 g/mol. The number of aromatic amines is 1. The number of halogens is 2. The fourth-order valence-corrected chi connectivity index (χ4v) is 2.49. The van der Waals surface area contributed by atoms with Gasteiger partial charge in [-0.15, -0.1) is 0 Å². The SMILES string of the molecule is Cc1cc(F)ccc1NCc1c[nH]c2cc(Cl)ccc12. The molecule has 0 bridgehead atoms. The third-order valence-electron chi connectivity index (χ3n) is 3.39. The summed E-state index contributed by atoms with van der Waals surface area (Å²) in [5.74, 6) is -0.213. The van der Waals surface area contributed by atoms with Crippen LogP contribution in [0.2, 0.25) is 5.02 Å². The van der Waals surface area contributed by atoms with Crippen LogP contribution in [0.3, 0.4) is 0 Å². The van der Waals surface area contributed by atoms with Crippen LogP contribution >= 0.6 is 11.6 Å². The standard InChI is InChI=1S/C16H14ClFN2/c1-10-6-13(18)3-5-15(10)19-8-11-9-20-16-7-12(17)2-4-14(11)16/h2-7,9,19-20H,8H2,1H3. The molecule has 102 valence electrons. The predicted octanol–water partition coefficient (Wildman–Crippen LogP) is 4.88. The first-order valence-electron chi connectivity index (χ1n) is 6.39. The number of benzene rings is 2. The van der Waals surface area contributed by atoms with Crippen LogP contribution in [0.15, 0.2) is 42.6 Å². The number of hydrogen-bond acceptors (Lipinski definition) is 1. The van der Waals surface area contributed by atoms with Gasteiger partial charge in [0, 0.05) is 34.4 Å². The quantitative estimate of drug-likeness (QED) is 0.706. The number of H-pyrrole nitrogens is 1. The first-order chi connectivity index (χ1) is 9.63. The maximum atomic E-state index is 13.1. The van der Waals surface area contributed by atoms with Crippen LogP contribution in [0.5, 0.6) is 0 Å². The van der Waals surface area contributed by atoms with Crippen molar-refractivity contribution in [3.63, 3.8) is 0 Å². The van der Waals surface area contributed by atoms with Crippen LogP contribution in [-0.4, -0.2) is 4.98 Å². The molecule has 0 saturated carbocycles. The van der Waals surface area contributed by atoms with Gasteiger partial charge in [-0.05, 0) is 48.4 Å². The fraction of sp³-hybridized carbons (Fsp3) is 0.125. The molecule has 0 radical (unpaired) electrons. The zero-order valence-electron chi connectivity index (χ0n) is 11.0. The summed E-state index contributed by atoms with van der Waals surface area (Å²) in [5.41, 5.74) is 4.01. The van der Waals surface area contributed by atoms with E-state index in [9.17, 15) is 4.39 Å². The Balaban J connectivity index is 1.83. The van der Waals surface area contributed by atoms with Gasteiger partial charge in [0.05, 0.1) is 0 Å². The lowest BCUT2D eigenvalue weighted by Crippen LogP contribution is -2.00. The van der Waals surface area contributed by atoms with Gasteiger partial charge in [-0.3, -0.25) is 0 Å². The van der Waals surface area contributed by atoms with Crippen LogP contribution in [0.25, 0.3) is 10.9 Å². The molecule has 1 heterocycles. The number of aromatic nitrogens is 1. The van der Waals surface area contributed by atoms with E-state index in [0.29, 0.717) is 11.6 Å². The van der Waals surface area contributed by atoms with Crippen molar-refractivity contribution >= 4 is 28.2 Å². The Morgan fingerprint density at radius 3 is 2.85 bits per heavy atom. The maximum Gasteiger partial charge on any atom is 0.123 e. The van der Waals surface area contributed by atoms with Gasteiger partial charge >= 0.3 is 0 Å². The van der Waals surface area contributed by atoms with Crippen molar-refractivity contribution in [1.82, 2.24) is 4.98 Å². The normalized spacial score (nSPS) is 10.9. The maximum absolute atomic E-state index is 13.1. The molecular formula is C16H14ClFN2. The molecule has 0 saturated heterocycles. The van der Waals surface area contributed by atoms with Gasteiger partial charge in [-0.2, -0.15) is 0 Å². The molecule has 0 unspecified atom stereocenters. The predicted molar refractivity (Wildman–Crippen MR) is 81.8 cm³/mol. The summed E-state index contributed by atoms with van der Waals surface area (Å²) < 4.78 is 13.1. The minimum atomic E-state index is -0.213. The molecule has 0 aliphatic heterocycles. The van der Waals surface area contributed by atoms with Crippen molar-refractivity contribution in [2.24, 2.45) is 0 Å². The van der Waals surface area contributed by atoms with Gasteiger partial charge in [0.25, 0.3) is 0 Å². The molecule has 2 aromatic carbocycles. The number of nitrogens with one attached hydrogen (secondary N) is 2. The zero-order chi connectivity index (χ0) is 14.1. The molecular weight excluding hydrogens is 275 g/mol. The van der Waals surface area contributed by atoms with E-state index in [2.05, 4.69) is 10.3 Å². The summed E-state index contributed by atoms with van der Waals surface area (Å²) in [6.07, 6.45) is 1.97. The minimum Gasteiger partial charge on any atom is -0.381 e. The van der Waals surface area contributed by atoms with Crippen molar-refractivity contribution < 1.29 is 4.39 Å². The Kier molecular flexibility index (Phi) is 3.36. The van der Waals surface area contributed by atoms with Crippen molar-refractivity contribution in [1.29, 1.82) is 0 Å². The van der Waals surface area contributed by atoms with E-state index in [0.717, 1.165) is 27.7 Å². The van der Waals surface area contributed by atoms with Gasteiger partial charge in [-0.25, -0.2) is 4.39 Å². The monoisotopic (exact) mass is 288 g/mol. The zero-order valence-corrected chi connectivity index (χ0v) is 11.8. The second-order valence-electron chi connectivity index (χ2n) is 4.82. The molecule has 3 rings (SSSR count). The number of hydrogen-bond donors (Lipinski definition) is 2. The van der Waals surface area contributed by atoms with Crippen LogP contribution in [0.4, 0.5) is 10.1 Å². The largest absolute Gasteiger partial charge is 0.381 e. The summed E-state index contributed by atoms with van der Waals surface area (Å²) in [6.45, 7) is 2.56. The summed E-state index contributed by atoms with van der Waals surface area (Å²) in [5, 5.41) is 5.19. The van der Waals surface area contributed by atoms with Crippen molar-refractivity contribution in [3.05, 3.63) is 64.6 Å². The van der Waals surface area contributed by atoms with Gasteiger partial charge < -0.3 is 10.3 Å². The highest BCUT2D eigenvalue weighted by Gasteiger charge is 2.05. The number of fused-ring (bicyclic) bond motifs is 1. The molecule has 0 spiro atoms. The molecule has 0 aliphatic rings. The summed E-state index contributed by atoms with van der Waals surface area (Å²) in [4.78, 5) is 3.20. The molecule has 2 N–H and O–H groups in total. The molecule has 3 aromatic rings. The van der Waals surface area contributed by atoms with Crippen molar-refractivity contribution in [2.75, 3.05) is 5.32 Å². The Hall–Kier alpha value is -2.00. The van der Waals surface area contributed by atoms with E-state index in [4.69, 9.17) is 11.6 Å². The highest BCUT2D eigenvalue weighted by atomic mass is 35.5. The van der Waals surface area contributed by atoms with E-state index in [-0.39, 0.29) is 5.82 Å². The Morgan fingerprint density at radius 1 is 1.20 bits per heavy atom. The molecule has 0 fully saturated rings. The van der Waals surface area contributed by atoms with Crippen molar-refractivity contribution in [2.45, 2.75) is 13.5 Å². The summed E-state index contributed by atoms with van der Waals surface area (Å²) in [6, 6.07) is 10.5. The van der Waals surface area contributed by atoms with Gasteiger partial charge in [0.15, 0.2) is 0 Å². The molecule has 0 atom stereocenters. The second kappa shape index (κ2) is 5.17. The lowest BCUT2D eigenvalue weighted by molar-refractivity contribution is 0.627. The van der Waals surface area contributed by atoms with E-state index in [1.807, 2.05) is 31.3 Å². The molecule has 2 nitrogen and oxygen atoms in total. The number of rotatable bonds is 3. The number of anilines is 1. The Morgan fingerprint density at radius 2 is 2.05 bits per heavy atom. The average Bonchev–Trinajstić information content (AvgIpc) is 2.80.